The minimum absolute atomic E-state index is 0.309. The largest absolute Gasteiger partial charge is 0.368 e. The van der Waals surface area contributed by atoms with E-state index < -0.39 is 17.7 Å². The number of carbonyl (C=O) groups is 3. The van der Waals surface area contributed by atoms with E-state index in [2.05, 4.69) is 10.2 Å². The molecule has 0 atom stereocenters. The van der Waals surface area contributed by atoms with E-state index in [1.165, 1.54) is 0 Å². The third-order valence-electron chi connectivity index (χ3n) is 2.67. The fraction of sp³-hybridized carbons (Fsp3) is 0.167. The van der Waals surface area contributed by atoms with Crippen molar-refractivity contribution >= 4 is 28.6 Å². The van der Waals surface area contributed by atoms with Gasteiger partial charge < -0.3 is 16.4 Å². The normalized spacial score (nSPS) is 10.4. The molecule has 2 rings (SSSR count). The number of nitrogens with zero attached hydrogens (tertiary/aromatic N) is 2. The van der Waals surface area contributed by atoms with Crippen molar-refractivity contribution in [1.29, 1.82) is 0 Å². The number of aromatic nitrogens is 2. The van der Waals surface area contributed by atoms with Gasteiger partial charge in [-0.05, 0) is 12.1 Å². The number of hydrogen-bond acceptors (Lipinski definition) is 4. The van der Waals surface area contributed by atoms with E-state index in [1.807, 2.05) is 0 Å². The van der Waals surface area contributed by atoms with Crippen molar-refractivity contribution in [2.24, 2.45) is 11.5 Å². The summed E-state index contributed by atoms with van der Waals surface area (Å²) in [6.45, 7) is -0.744. The van der Waals surface area contributed by atoms with Gasteiger partial charge in [-0.3, -0.25) is 19.5 Å². The number of amides is 3. The van der Waals surface area contributed by atoms with Crippen LogP contribution in [0.1, 0.15) is 10.4 Å². The first-order valence-corrected chi connectivity index (χ1v) is 5.76. The fourth-order valence-corrected chi connectivity index (χ4v) is 1.83. The van der Waals surface area contributed by atoms with Gasteiger partial charge in [0.1, 0.15) is 13.1 Å². The predicted octanol–water partition coefficient (Wildman–Crippen LogP) is -1.02. The van der Waals surface area contributed by atoms with Crippen molar-refractivity contribution in [3.63, 3.8) is 0 Å². The quantitative estimate of drug-likeness (QED) is 0.643. The van der Waals surface area contributed by atoms with Gasteiger partial charge in [0.15, 0.2) is 0 Å². The van der Waals surface area contributed by atoms with Gasteiger partial charge in [0, 0.05) is 10.9 Å². The standard InChI is InChI=1S/C12H13N5O3/c13-10(18)5-17(6-11(14)19)12(20)7-1-2-8-4-15-16-9(8)3-7/h1-4H,5-6H2,(H2,13,18)(H2,14,19)(H,15,16). The highest BCUT2D eigenvalue weighted by molar-refractivity contribution is 6.00. The van der Waals surface area contributed by atoms with Crippen LogP contribution in [0.2, 0.25) is 0 Å². The monoisotopic (exact) mass is 275 g/mol. The summed E-state index contributed by atoms with van der Waals surface area (Å²) in [5.74, 6) is -1.94. The lowest BCUT2D eigenvalue weighted by atomic mass is 10.1. The van der Waals surface area contributed by atoms with E-state index >= 15 is 0 Å². The Labute approximate surface area is 113 Å². The number of aromatic amines is 1. The Balaban J connectivity index is 2.29. The van der Waals surface area contributed by atoms with Gasteiger partial charge in [-0.2, -0.15) is 5.10 Å². The molecule has 3 amide bonds. The zero-order chi connectivity index (χ0) is 14.7. The van der Waals surface area contributed by atoms with Gasteiger partial charge in [0.05, 0.1) is 11.7 Å². The van der Waals surface area contributed by atoms with E-state index in [1.54, 1.807) is 24.4 Å². The smallest absolute Gasteiger partial charge is 0.254 e. The molecule has 0 saturated carbocycles. The van der Waals surface area contributed by atoms with Crippen LogP contribution in [0.15, 0.2) is 24.4 Å². The molecule has 5 N–H and O–H groups in total. The molecule has 0 unspecified atom stereocenters. The molecule has 104 valence electrons. The van der Waals surface area contributed by atoms with Crippen molar-refractivity contribution in [1.82, 2.24) is 15.1 Å². The average Bonchev–Trinajstić information content (AvgIpc) is 2.83. The first-order chi connectivity index (χ1) is 9.47. The van der Waals surface area contributed by atoms with Crippen LogP contribution in [-0.2, 0) is 9.59 Å². The Morgan fingerprint density at radius 1 is 1.15 bits per heavy atom. The fourth-order valence-electron chi connectivity index (χ4n) is 1.83. The second kappa shape index (κ2) is 5.39. The van der Waals surface area contributed by atoms with Crippen LogP contribution in [0, 0.1) is 0 Å². The van der Waals surface area contributed by atoms with E-state index in [-0.39, 0.29) is 13.1 Å². The van der Waals surface area contributed by atoms with Gasteiger partial charge >= 0.3 is 0 Å². The summed E-state index contributed by atoms with van der Waals surface area (Å²) >= 11 is 0. The van der Waals surface area contributed by atoms with Gasteiger partial charge in [-0.1, -0.05) is 6.07 Å². The van der Waals surface area contributed by atoms with Crippen molar-refractivity contribution in [2.75, 3.05) is 13.1 Å². The first-order valence-electron chi connectivity index (χ1n) is 5.76. The maximum atomic E-state index is 12.3. The van der Waals surface area contributed by atoms with Gasteiger partial charge in [-0.15, -0.1) is 0 Å². The number of hydrogen-bond donors (Lipinski definition) is 3. The Hall–Kier alpha value is -2.90. The number of rotatable bonds is 5. The molecule has 2 aromatic rings. The zero-order valence-corrected chi connectivity index (χ0v) is 10.5. The van der Waals surface area contributed by atoms with Gasteiger partial charge in [0.25, 0.3) is 5.91 Å². The third kappa shape index (κ3) is 2.91. The van der Waals surface area contributed by atoms with Crippen LogP contribution in [0.25, 0.3) is 10.9 Å². The first kappa shape index (κ1) is 13.5. The Kier molecular flexibility index (Phi) is 3.65. The molecule has 0 aliphatic carbocycles. The van der Waals surface area contributed by atoms with Crippen LogP contribution in [0.5, 0.6) is 0 Å². The van der Waals surface area contributed by atoms with Crippen LogP contribution in [0.3, 0.4) is 0 Å². The lowest BCUT2D eigenvalue weighted by Crippen LogP contribution is -2.43. The lowest BCUT2D eigenvalue weighted by Gasteiger charge is -2.19. The summed E-state index contributed by atoms with van der Waals surface area (Å²) in [4.78, 5) is 35.2. The highest BCUT2D eigenvalue weighted by Gasteiger charge is 2.20. The minimum atomic E-state index is -0.720. The predicted molar refractivity (Wildman–Crippen MR) is 70.4 cm³/mol. The SMILES string of the molecule is NC(=O)CN(CC(N)=O)C(=O)c1ccc2cn[nH]c2c1. The molecule has 1 heterocycles. The molecule has 0 aliphatic heterocycles. The van der Waals surface area contributed by atoms with Crippen LogP contribution in [-0.4, -0.2) is 45.9 Å². The maximum absolute atomic E-state index is 12.3. The maximum Gasteiger partial charge on any atom is 0.254 e. The second-order valence-corrected chi connectivity index (χ2v) is 4.27. The van der Waals surface area contributed by atoms with Crippen LogP contribution < -0.4 is 11.5 Å². The van der Waals surface area contributed by atoms with E-state index in [0.29, 0.717) is 11.1 Å². The lowest BCUT2D eigenvalue weighted by molar-refractivity contribution is -0.121. The second-order valence-electron chi connectivity index (χ2n) is 4.27. The summed E-state index contributed by atoms with van der Waals surface area (Å²) < 4.78 is 0. The molecule has 0 saturated heterocycles. The number of benzene rings is 1. The average molecular weight is 275 g/mol. The molecule has 0 spiro atoms. The molecule has 20 heavy (non-hydrogen) atoms. The zero-order valence-electron chi connectivity index (χ0n) is 10.5. The van der Waals surface area contributed by atoms with Gasteiger partial charge in [-0.25, -0.2) is 0 Å². The number of nitrogens with one attached hydrogen (secondary N) is 1. The summed E-state index contributed by atoms with van der Waals surface area (Å²) in [6, 6.07) is 4.87. The summed E-state index contributed by atoms with van der Waals surface area (Å²) in [6.07, 6.45) is 1.62. The number of carbonyl (C=O) groups excluding carboxylic acids is 3. The molecule has 1 aromatic carbocycles. The number of nitrogens with two attached hydrogens (primary N) is 2. The molecule has 0 fully saturated rings. The van der Waals surface area contributed by atoms with Crippen molar-refractivity contribution < 1.29 is 14.4 Å². The summed E-state index contributed by atoms with van der Waals surface area (Å²) in [7, 11) is 0. The van der Waals surface area contributed by atoms with Crippen LogP contribution >= 0.6 is 0 Å². The number of primary amides is 2. The van der Waals surface area contributed by atoms with Crippen LogP contribution in [0.4, 0.5) is 0 Å². The highest BCUT2D eigenvalue weighted by atomic mass is 16.2. The number of H-pyrrole nitrogens is 1. The van der Waals surface area contributed by atoms with E-state index in [4.69, 9.17) is 11.5 Å². The van der Waals surface area contributed by atoms with Crippen molar-refractivity contribution in [2.45, 2.75) is 0 Å². The minimum Gasteiger partial charge on any atom is -0.368 e. The molecule has 0 aliphatic rings. The molecular formula is C12H13N5O3. The molecule has 1 aromatic heterocycles. The van der Waals surface area contributed by atoms with E-state index in [9.17, 15) is 14.4 Å². The third-order valence-corrected chi connectivity index (χ3v) is 2.67. The van der Waals surface area contributed by atoms with Crippen molar-refractivity contribution in [3.8, 4) is 0 Å². The molecule has 8 nitrogen and oxygen atoms in total. The Morgan fingerprint density at radius 3 is 2.40 bits per heavy atom. The Morgan fingerprint density at radius 2 is 1.80 bits per heavy atom. The Bertz CT molecular complexity index is 663. The highest BCUT2D eigenvalue weighted by Crippen LogP contribution is 2.14. The molecule has 0 radical (unpaired) electrons. The number of fused-ring (bicyclic) bond motifs is 1. The van der Waals surface area contributed by atoms with E-state index in [0.717, 1.165) is 10.3 Å². The molecule has 8 heteroatoms. The summed E-state index contributed by atoms with van der Waals surface area (Å²) in [5, 5.41) is 7.42. The molecule has 0 bridgehead atoms. The molecular weight excluding hydrogens is 262 g/mol. The topological polar surface area (TPSA) is 135 Å². The summed E-state index contributed by atoms with van der Waals surface area (Å²) in [5.41, 5.74) is 11.1. The van der Waals surface area contributed by atoms with Gasteiger partial charge in [0.2, 0.25) is 11.8 Å². The van der Waals surface area contributed by atoms with Crippen molar-refractivity contribution in [3.05, 3.63) is 30.0 Å².